The van der Waals surface area contributed by atoms with Crippen LogP contribution in [0.3, 0.4) is 0 Å². The quantitative estimate of drug-likeness (QED) is 0.552. The van der Waals surface area contributed by atoms with Crippen LogP contribution in [0.2, 0.25) is 0 Å². The molecule has 0 aliphatic heterocycles. The first-order valence-electron chi connectivity index (χ1n) is 1.85. The van der Waals surface area contributed by atoms with Crippen LogP contribution in [0.5, 0.6) is 0 Å². The van der Waals surface area contributed by atoms with Crippen molar-refractivity contribution >= 4 is 12.4 Å². The fourth-order valence-corrected chi connectivity index (χ4v) is 0.313. The van der Waals surface area contributed by atoms with E-state index in [-0.39, 0.29) is 31.9 Å². The third-order valence-electron chi connectivity index (χ3n) is 0.566. The molecule has 0 amide bonds. The summed E-state index contributed by atoms with van der Waals surface area (Å²) < 4.78 is 0. The average Bonchev–Trinajstić information content (AvgIpc) is 1.72. The fraction of sp³-hybridized carbons (Fsp3) is 0. The summed E-state index contributed by atoms with van der Waals surface area (Å²) in [5.41, 5.74) is 0. The molecule has 1 aromatic rings. The minimum atomic E-state index is 0. The van der Waals surface area contributed by atoms with Gasteiger partial charge < -0.3 is 0 Å². The molecule has 3 heteroatoms. The average molecular weight is 181 g/mol. The molecule has 8 heavy (non-hydrogen) atoms. The van der Waals surface area contributed by atoms with Gasteiger partial charge in [-0.05, 0) is 12.1 Å². The summed E-state index contributed by atoms with van der Waals surface area (Å²) >= 11 is 0. The van der Waals surface area contributed by atoms with Crippen molar-refractivity contribution in [2.45, 2.75) is 0 Å². The maximum Gasteiger partial charge on any atom is 0.0267 e. The minimum Gasteiger partial charge on any atom is -0.265 e. The van der Waals surface area contributed by atoms with Gasteiger partial charge in [0.05, 0.1) is 0 Å². The molecular weight excluding hydrogens is 175 g/mol. The Kier molecular flexibility index (Phi) is 9.66. The van der Waals surface area contributed by atoms with Crippen molar-refractivity contribution in [3.63, 3.8) is 0 Å². The molecule has 1 rings (SSSR count). The molecule has 0 unspecified atom stereocenters. The van der Waals surface area contributed by atoms with E-state index in [0.717, 1.165) is 0 Å². The molecule has 0 saturated carbocycles. The van der Waals surface area contributed by atoms with Gasteiger partial charge in [-0.2, -0.15) is 0 Å². The van der Waals surface area contributed by atoms with Crippen molar-refractivity contribution in [3.05, 3.63) is 30.6 Å². The van der Waals surface area contributed by atoms with Crippen molar-refractivity contribution in [1.82, 2.24) is 4.98 Å². The van der Waals surface area contributed by atoms with Gasteiger partial charge in [-0.25, -0.2) is 0 Å². The Morgan fingerprint density at radius 2 is 1.38 bits per heavy atom. The summed E-state index contributed by atoms with van der Waals surface area (Å²) in [5, 5.41) is 0. The second-order valence-corrected chi connectivity index (χ2v) is 1.02. The Balaban J connectivity index is 0. The smallest absolute Gasteiger partial charge is 0.0267 e. The normalized spacial score (nSPS) is 6.00. The minimum absolute atomic E-state index is 0. The third kappa shape index (κ3) is 4.23. The van der Waals surface area contributed by atoms with Crippen LogP contribution in [0.25, 0.3) is 0 Å². The summed E-state index contributed by atoms with van der Waals surface area (Å²) in [7, 11) is 0. The van der Waals surface area contributed by atoms with Gasteiger partial charge in [0.1, 0.15) is 0 Å². The van der Waals surface area contributed by atoms with E-state index in [4.69, 9.17) is 0 Å². The number of hydrogen-bond acceptors (Lipinski definition) is 1. The van der Waals surface area contributed by atoms with Gasteiger partial charge in [-0.15, -0.1) is 12.4 Å². The van der Waals surface area contributed by atoms with Crippen LogP contribution in [0.15, 0.2) is 30.6 Å². The van der Waals surface area contributed by atoms with E-state index < -0.39 is 0 Å². The zero-order valence-corrected chi connectivity index (χ0v) is 8.23. The Morgan fingerprint density at radius 1 is 0.875 bits per heavy atom. The van der Waals surface area contributed by atoms with Gasteiger partial charge in [0.15, 0.2) is 0 Å². The third-order valence-corrected chi connectivity index (χ3v) is 0.566. The molecule has 0 fully saturated rings. The fourth-order valence-electron chi connectivity index (χ4n) is 0.313. The molecule has 1 nitrogen and oxygen atoms in total. The number of halogens is 1. The molecule has 0 saturated heterocycles. The SMILES string of the molecule is Cl.[Zn].c1ccncc1. The van der Waals surface area contributed by atoms with Crippen LogP contribution in [0.4, 0.5) is 0 Å². The van der Waals surface area contributed by atoms with Crippen molar-refractivity contribution in [2.24, 2.45) is 0 Å². The number of rotatable bonds is 0. The summed E-state index contributed by atoms with van der Waals surface area (Å²) in [6.45, 7) is 0. The predicted octanol–water partition coefficient (Wildman–Crippen LogP) is 1.50. The first-order valence-corrected chi connectivity index (χ1v) is 1.85. The van der Waals surface area contributed by atoms with Gasteiger partial charge >= 0.3 is 0 Å². The van der Waals surface area contributed by atoms with Gasteiger partial charge in [0.2, 0.25) is 0 Å². The van der Waals surface area contributed by atoms with Crippen molar-refractivity contribution in [3.8, 4) is 0 Å². The van der Waals surface area contributed by atoms with Gasteiger partial charge in [-0.3, -0.25) is 4.98 Å². The van der Waals surface area contributed by atoms with E-state index in [1.807, 2.05) is 18.2 Å². The van der Waals surface area contributed by atoms with Crippen LogP contribution in [-0.4, -0.2) is 4.98 Å². The number of hydrogen-bond donors (Lipinski definition) is 0. The zero-order valence-electron chi connectivity index (χ0n) is 4.45. The molecule has 0 bridgehead atoms. The first-order chi connectivity index (χ1) is 3.00. The van der Waals surface area contributed by atoms with Gasteiger partial charge in [0, 0.05) is 31.9 Å². The van der Waals surface area contributed by atoms with E-state index in [1.165, 1.54) is 0 Å². The zero-order chi connectivity index (χ0) is 4.24. The van der Waals surface area contributed by atoms with E-state index in [9.17, 15) is 0 Å². The maximum atomic E-state index is 3.78. The molecule has 1 heterocycles. The van der Waals surface area contributed by atoms with E-state index in [1.54, 1.807) is 12.4 Å². The maximum absolute atomic E-state index is 3.78. The summed E-state index contributed by atoms with van der Waals surface area (Å²) in [6.07, 6.45) is 3.50. The van der Waals surface area contributed by atoms with Crippen LogP contribution in [0.1, 0.15) is 0 Å². The molecule has 0 atom stereocenters. The molecule has 0 aliphatic rings. The van der Waals surface area contributed by atoms with Crippen molar-refractivity contribution in [2.75, 3.05) is 0 Å². The largest absolute Gasteiger partial charge is 0.265 e. The Morgan fingerprint density at radius 3 is 1.50 bits per heavy atom. The Labute approximate surface area is 67.7 Å². The predicted molar refractivity (Wildman–Crippen MR) is 31.5 cm³/mol. The molecule has 0 N–H and O–H groups in total. The molecule has 0 spiro atoms. The van der Waals surface area contributed by atoms with Crippen molar-refractivity contribution < 1.29 is 19.5 Å². The molecule has 1 aromatic heterocycles. The van der Waals surface area contributed by atoms with Crippen molar-refractivity contribution in [1.29, 1.82) is 0 Å². The standard InChI is InChI=1S/C5H5N.ClH.Zn/c1-2-4-6-5-3-1;;/h1-5H;1H;. The Hall–Kier alpha value is 0.0634. The number of aromatic nitrogens is 1. The number of nitrogens with zero attached hydrogens (tertiary/aromatic N) is 1. The summed E-state index contributed by atoms with van der Waals surface area (Å²) in [5.74, 6) is 0. The van der Waals surface area contributed by atoms with Gasteiger partial charge in [0.25, 0.3) is 0 Å². The number of pyridine rings is 1. The molecular formula is C5H6ClNZn. The molecule has 0 aromatic carbocycles. The second kappa shape index (κ2) is 7.06. The molecule has 0 aliphatic carbocycles. The second-order valence-electron chi connectivity index (χ2n) is 1.02. The molecule has 0 radical (unpaired) electrons. The van der Waals surface area contributed by atoms with E-state index in [2.05, 4.69) is 4.98 Å². The van der Waals surface area contributed by atoms with Crippen LogP contribution in [-0.2, 0) is 19.5 Å². The molecule has 40 valence electrons. The first kappa shape index (κ1) is 10.9. The van der Waals surface area contributed by atoms with Crippen LogP contribution >= 0.6 is 12.4 Å². The Bertz CT molecular complexity index is 84.4. The summed E-state index contributed by atoms with van der Waals surface area (Å²) in [4.78, 5) is 3.78. The van der Waals surface area contributed by atoms with Gasteiger partial charge in [-0.1, -0.05) is 6.07 Å². The monoisotopic (exact) mass is 179 g/mol. The van der Waals surface area contributed by atoms with E-state index >= 15 is 0 Å². The van der Waals surface area contributed by atoms with Crippen LogP contribution < -0.4 is 0 Å². The van der Waals surface area contributed by atoms with Crippen LogP contribution in [0, 0.1) is 0 Å². The topological polar surface area (TPSA) is 12.9 Å². The van der Waals surface area contributed by atoms with E-state index in [0.29, 0.717) is 0 Å². The summed E-state index contributed by atoms with van der Waals surface area (Å²) in [6, 6.07) is 5.72.